The van der Waals surface area contributed by atoms with Crippen molar-refractivity contribution in [2.75, 3.05) is 5.32 Å². The smallest absolute Gasteiger partial charge is 0.234 e. The molecule has 0 aromatic heterocycles. The van der Waals surface area contributed by atoms with Crippen LogP contribution in [-0.2, 0) is 10.2 Å². The number of rotatable bonds is 0. The molecule has 1 amide bonds. The Balaban J connectivity index is 0.00000162. The van der Waals surface area contributed by atoms with Gasteiger partial charge in [-0.25, -0.2) is 0 Å². The second-order valence-corrected chi connectivity index (χ2v) is 5.26. The predicted molar refractivity (Wildman–Crippen MR) is 71.9 cm³/mol. The number of amides is 1. The highest BCUT2D eigenvalue weighted by Gasteiger charge is 2.38. The minimum atomic E-state index is -0.431. The number of nitrogens with one attached hydrogen (secondary N) is 1. The Morgan fingerprint density at radius 2 is 2.06 bits per heavy atom. The Labute approximate surface area is 104 Å². The van der Waals surface area contributed by atoms with Crippen LogP contribution in [0.15, 0.2) is 18.2 Å². The molecule has 1 aromatic rings. The monoisotopic (exact) mass is 229 g/mol. The van der Waals surface area contributed by atoms with E-state index in [9.17, 15) is 4.79 Å². The molecule has 17 heavy (non-hydrogen) atoms. The first-order valence-corrected chi connectivity index (χ1v) is 5.89. The van der Waals surface area contributed by atoms with E-state index in [2.05, 4.69) is 31.0 Å². The van der Waals surface area contributed by atoms with Crippen LogP contribution in [0.3, 0.4) is 0 Å². The molecule has 1 N–H and O–H groups in total. The highest BCUT2D eigenvalue weighted by molar-refractivity contribution is 6.05. The molecule has 1 heterocycles. The van der Waals surface area contributed by atoms with Crippen LogP contribution >= 0.6 is 0 Å². The van der Waals surface area contributed by atoms with Crippen LogP contribution in [0.25, 0.3) is 0 Å². The molecule has 1 aromatic carbocycles. The van der Waals surface area contributed by atoms with Crippen molar-refractivity contribution < 1.29 is 6.22 Å². The third kappa shape index (κ3) is 2.06. The summed E-state index contributed by atoms with van der Waals surface area (Å²) in [6.45, 7) is 8.00. The van der Waals surface area contributed by atoms with Gasteiger partial charge in [0.05, 0.1) is 5.41 Å². The van der Waals surface area contributed by atoms with E-state index in [0.29, 0.717) is 5.92 Å². The number of carbonyl (C=O) groups is 1. The van der Waals surface area contributed by atoms with Crippen LogP contribution in [0.4, 0.5) is 5.69 Å². The molecular formula is C15H19NO. The van der Waals surface area contributed by atoms with E-state index in [1.165, 1.54) is 0 Å². The van der Waals surface area contributed by atoms with Gasteiger partial charge in [0.2, 0.25) is 5.91 Å². The largest absolute Gasteiger partial charge is 0.325 e. The average molecular weight is 229 g/mol. The molecule has 2 nitrogen and oxygen atoms in total. The first-order chi connectivity index (χ1) is 7.91. The van der Waals surface area contributed by atoms with Crippen molar-refractivity contribution in [2.24, 2.45) is 5.92 Å². The van der Waals surface area contributed by atoms with Crippen LogP contribution in [0.2, 0.25) is 0 Å². The maximum absolute atomic E-state index is 11.8. The molecular weight excluding hydrogens is 210 g/mol. The fraction of sp³-hybridized carbons (Fsp3) is 0.400. The van der Waals surface area contributed by atoms with Gasteiger partial charge in [0.15, 0.2) is 0 Å². The fourth-order valence-corrected chi connectivity index (χ4v) is 1.90. The molecule has 0 fully saturated rings. The Bertz CT molecular complexity index is 535. The van der Waals surface area contributed by atoms with Gasteiger partial charge in [-0.05, 0) is 31.5 Å². The van der Waals surface area contributed by atoms with Gasteiger partial charge in [-0.2, -0.15) is 0 Å². The van der Waals surface area contributed by atoms with Crippen LogP contribution in [0.1, 0.15) is 40.2 Å². The second kappa shape index (κ2) is 3.92. The van der Waals surface area contributed by atoms with Crippen LogP contribution in [0.5, 0.6) is 0 Å². The van der Waals surface area contributed by atoms with Crippen molar-refractivity contribution in [3.8, 4) is 11.8 Å². The highest BCUT2D eigenvalue weighted by Crippen LogP contribution is 2.37. The van der Waals surface area contributed by atoms with Crippen molar-refractivity contribution in [2.45, 2.75) is 33.1 Å². The van der Waals surface area contributed by atoms with E-state index < -0.39 is 5.41 Å². The van der Waals surface area contributed by atoms with Gasteiger partial charge < -0.3 is 5.32 Å². The molecule has 1 aliphatic heterocycles. The number of anilines is 1. The minimum Gasteiger partial charge on any atom is -0.325 e. The quantitative estimate of drug-likeness (QED) is 0.680. The van der Waals surface area contributed by atoms with E-state index in [1.807, 2.05) is 32.0 Å². The first-order valence-electron chi connectivity index (χ1n) is 5.89. The lowest BCUT2D eigenvalue weighted by molar-refractivity contribution is -0.119. The summed E-state index contributed by atoms with van der Waals surface area (Å²) in [4.78, 5) is 11.8. The summed E-state index contributed by atoms with van der Waals surface area (Å²) < 4.78 is 0. The van der Waals surface area contributed by atoms with Gasteiger partial charge in [0.1, 0.15) is 0 Å². The predicted octanol–water partition coefficient (Wildman–Crippen LogP) is 3.17. The molecule has 0 atom stereocenters. The topological polar surface area (TPSA) is 29.1 Å². The number of benzene rings is 1. The molecule has 0 saturated heterocycles. The molecule has 0 saturated carbocycles. The maximum atomic E-state index is 11.8. The Morgan fingerprint density at radius 1 is 1.35 bits per heavy atom. The summed E-state index contributed by atoms with van der Waals surface area (Å²) in [6, 6.07) is 5.94. The molecule has 0 radical (unpaired) electrons. The summed E-state index contributed by atoms with van der Waals surface area (Å²) in [7, 11) is 0. The Kier molecular flexibility index (Phi) is 2.71. The molecule has 2 heteroatoms. The van der Waals surface area contributed by atoms with Crippen molar-refractivity contribution in [3.05, 3.63) is 29.3 Å². The van der Waals surface area contributed by atoms with Gasteiger partial charge in [0.25, 0.3) is 0 Å². The van der Waals surface area contributed by atoms with E-state index in [1.54, 1.807) is 0 Å². The third-order valence-corrected chi connectivity index (χ3v) is 3.01. The fourth-order valence-electron chi connectivity index (χ4n) is 1.90. The van der Waals surface area contributed by atoms with Crippen LogP contribution in [0, 0.1) is 17.8 Å². The molecule has 0 spiro atoms. The van der Waals surface area contributed by atoms with Crippen molar-refractivity contribution in [1.82, 2.24) is 0 Å². The average Bonchev–Trinajstić information content (AvgIpc) is 2.47. The van der Waals surface area contributed by atoms with E-state index in [0.717, 1.165) is 16.8 Å². The van der Waals surface area contributed by atoms with Crippen LogP contribution < -0.4 is 5.32 Å². The summed E-state index contributed by atoms with van der Waals surface area (Å²) in [6.07, 6.45) is 0. The van der Waals surface area contributed by atoms with Gasteiger partial charge in [0, 0.05) is 18.6 Å². The maximum Gasteiger partial charge on any atom is 0.234 e. The molecule has 0 bridgehead atoms. The summed E-state index contributed by atoms with van der Waals surface area (Å²) in [5.41, 5.74) is 2.47. The number of fused-ring (bicyclic) bond motifs is 1. The zero-order chi connectivity index (χ0) is 12.6. The lowest BCUT2D eigenvalue weighted by atomic mass is 9.86. The lowest BCUT2D eigenvalue weighted by Crippen LogP contribution is -2.26. The summed E-state index contributed by atoms with van der Waals surface area (Å²) >= 11 is 0. The molecule has 0 aliphatic carbocycles. The standard InChI is InChI=1S/C15H17NO.H2/c1-10(2)5-6-11-7-8-12-13(9-11)16-14(17)15(12,3)4;/h7-10H,1-4H3,(H,16,17);1H. The SMILES string of the molecule is CC(C)C#Cc1ccc2c(c1)NC(=O)C2(C)C.[HH]. The Morgan fingerprint density at radius 3 is 2.71 bits per heavy atom. The summed E-state index contributed by atoms with van der Waals surface area (Å²) in [5, 5.41) is 2.91. The van der Waals surface area contributed by atoms with Crippen molar-refractivity contribution in [1.29, 1.82) is 0 Å². The minimum absolute atomic E-state index is 0. The summed E-state index contributed by atoms with van der Waals surface area (Å²) in [5.74, 6) is 6.65. The molecule has 90 valence electrons. The first kappa shape index (κ1) is 11.7. The molecule has 1 aliphatic rings. The lowest BCUT2D eigenvalue weighted by Gasteiger charge is -2.14. The number of carbonyl (C=O) groups excluding carboxylic acids is 1. The van der Waals surface area contributed by atoms with Gasteiger partial charge in [-0.1, -0.05) is 31.8 Å². The molecule has 2 rings (SSSR count). The van der Waals surface area contributed by atoms with E-state index in [-0.39, 0.29) is 7.33 Å². The number of hydrogen-bond acceptors (Lipinski definition) is 1. The zero-order valence-electron chi connectivity index (χ0n) is 10.7. The normalized spacial score (nSPS) is 16.2. The van der Waals surface area contributed by atoms with Gasteiger partial charge >= 0.3 is 0 Å². The van der Waals surface area contributed by atoms with E-state index >= 15 is 0 Å². The van der Waals surface area contributed by atoms with Gasteiger partial charge in [-0.3, -0.25) is 4.79 Å². The second-order valence-electron chi connectivity index (χ2n) is 5.26. The highest BCUT2D eigenvalue weighted by atomic mass is 16.2. The van der Waals surface area contributed by atoms with E-state index in [4.69, 9.17) is 0 Å². The molecule has 0 unspecified atom stereocenters. The van der Waals surface area contributed by atoms with Crippen molar-refractivity contribution in [3.63, 3.8) is 0 Å². The van der Waals surface area contributed by atoms with Crippen LogP contribution in [-0.4, -0.2) is 5.91 Å². The third-order valence-electron chi connectivity index (χ3n) is 3.01. The Hall–Kier alpha value is -1.75. The van der Waals surface area contributed by atoms with Crippen molar-refractivity contribution >= 4 is 11.6 Å². The zero-order valence-corrected chi connectivity index (χ0v) is 10.7. The van der Waals surface area contributed by atoms with Gasteiger partial charge in [-0.15, -0.1) is 0 Å². The number of hydrogen-bond donors (Lipinski definition) is 1.